The highest BCUT2D eigenvalue weighted by Crippen LogP contribution is 2.17. The normalized spacial score (nSPS) is 18.4. The fourth-order valence-corrected chi connectivity index (χ4v) is 2.27. The Hall–Kier alpha value is 0.460. The van der Waals surface area contributed by atoms with Crippen molar-refractivity contribution in [3.05, 3.63) is 0 Å². The van der Waals surface area contributed by atoms with Crippen LogP contribution >= 0.6 is 24.8 Å². The Morgan fingerprint density at radius 1 is 1.24 bits per heavy atom. The molecule has 0 unspecified atom stereocenters. The maximum atomic E-state index is 6.03. The largest absolute Gasteiger partial charge is 0.324 e. The zero-order valence-electron chi connectivity index (χ0n) is 11.4. The molecule has 0 bridgehead atoms. The van der Waals surface area contributed by atoms with E-state index < -0.39 is 0 Å². The van der Waals surface area contributed by atoms with Crippen molar-refractivity contribution in [3.63, 3.8) is 0 Å². The van der Waals surface area contributed by atoms with Crippen molar-refractivity contribution in [3.8, 4) is 0 Å². The van der Waals surface area contributed by atoms with E-state index in [1.807, 2.05) is 0 Å². The van der Waals surface area contributed by atoms with Gasteiger partial charge in [0.15, 0.2) is 0 Å². The molecule has 1 saturated heterocycles. The Labute approximate surface area is 119 Å². The Morgan fingerprint density at radius 2 is 1.76 bits per heavy atom. The van der Waals surface area contributed by atoms with Crippen LogP contribution in [0.1, 0.15) is 33.6 Å². The number of rotatable bonds is 5. The Kier molecular flexibility index (Phi) is 10.9. The monoisotopic (exact) mass is 285 g/mol. The van der Waals surface area contributed by atoms with Gasteiger partial charge in [0.2, 0.25) is 0 Å². The van der Waals surface area contributed by atoms with Crippen molar-refractivity contribution >= 4 is 24.8 Å². The molecule has 0 aromatic rings. The van der Waals surface area contributed by atoms with E-state index in [0.29, 0.717) is 0 Å². The zero-order chi connectivity index (χ0) is 11.3. The van der Waals surface area contributed by atoms with Gasteiger partial charge in [-0.05, 0) is 58.8 Å². The number of nitrogens with two attached hydrogens (primary N) is 1. The van der Waals surface area contributed by atoms with E-state index in [1.54, 1.807) is 0 Å². The molecule has 1 aliphatic heterocycles. The number of piperidine rings is 1. The van der Waals surface area contributed by atoms with Crippen LogP contribution in [0.5, 0.6) is 0 Å². The van der Waals surface area contributed by atoms with Crippen molar-refractivity contribution < 1.29 is 0 Å². The smallest absolute Gasteiger partial charge is 0.0226 e. The summed E-state index contributed by atoms with van der Waals surface area (Å²) >= 11 is 0. The molecule has 1 fully saturated rings. The number of nitrogens with zero attached hydrogens (tertiary/aromatic N) is 1. The summed E-state index contributed by atoms with van der Waals surface area (Å²) < 4.78 is 0. The first-order valence-electron chi connectivity index (χ1n) is 6.23. The Bertz CT molecular complexity index is 175. The van der Waals surface area contributed by atoms with Crippen LogP contribution in [-0.2, 0) is 0 Å². The van der Waals surface area contributed by atoms with Crippen LogP contribution in [0.4, 0.5) is 0 Å². The third-order valence-corrected chi connectivity index (χ3v) is 3.02. The van der Waals surface area contributed by atoms with E-state index in [1.165, 1.54) is 32.5 Å². The second kappa shape index (κ2) is 9.40. The molecule has 1 rings (SSSR count). The number of nitrogens with one attached hydrogen (secondary N) is 1. The van der Waals surface area contributed by atoms with Gasteiger partial charge in [-0.1, -0.05) is 6.92 Å². The van der Waals surface area contributed by atoms with E-state index >= 15 is 0 Å². The molecule has 0 aromatic carbocycles. The first-order valence-corrected chi connectivity index (χ1v) is 6.23. The van der Waals surface area contributed by atoms with Gasteiger partial charge in [-0.3, -0.25) is 0 Å². The van der Waals surface area contributed by atoms with Gasteiger partial charge in [-0.2, -0.15) is 0 Å². The maximum Gasteiger partial charge on any atom is 0.0226 e. The molecule has 0 aliphatic carbocycles. The van der Waals surface area contributed by atoms with Crippen LogP contribution in [0.15, 0.2) is 0 Å². The SMILES string of the molecule is CCNCC1CCN(CC(C)(C)N)CC1.Cl.Cl. The number of hydrogen-bond acceptors (Lipinski definition) is 3. The lowest BCUT2D eigenvalue weighted by Gasteiger charge is -2.35. The van der Waals surface area contributed by atoms with E-state index in [9.17, 15) is 0 Å². The third kappa shape index (κ3) is 9.09. The van der Waals surface area contributed by atoms with Crippen LogP contribution in [-0.4, -0.2) is 43.2 Å². The number of likely N-dealkylation sites (tertiary alicyclic amines) is 1. The summed E-state index contributed by atoms with van der Waals surface area (Å²) in [6.07, 6.45) is 2.64. The lowest BCUT2D eigenvalue weighted by molar-refractivity contribution is 0.157. The standard InChI is InChI=1S/C12H27N3.2ClH/c1-4-14-9-11-5-7-15(8-6-11)10-12(2,3)13;;/h11,14H,4-10,13H2,1-3H3;2*1H. The summed E-state index contributed by atoms with van der Waals surface area (Å²) in [5.41, 5.74) is 5.98. The van der Waals surface area contributed by atoms with E-state index in [2.05, 4.69) is 31.0 Å². The van der Waals surface area contributed by atoms with Gasteiger partial charge in [0.25, 0.3) is 0 Å². The summed E-state index contributed by atoms with van der Waals surface area (Å²) in [4.78, 5) is 2.50. The minimum atomic E-state index is -0.0471. The molecular weight excluding hydrogens is 257 g/mol. The van der Waals surface area contributed by atoms with Crippen molar-refractivity contribution in [2.75, 3.05) is 32.7 Å². The Balaban J connectivity index is 0. The van der Waals surface area contributed by atoms with Gasteiger partial charge >= 0.3 is 0 Å². The highest BCUT2D eigenvalue weighted by Gasteiger charge is 2.22. The molecule has 17 heavy (non-hydrogen) atoms. The first kappa shape index (κ1) is 19.8. The minimum absolute atomic E-state index is 0. The van der Waals surface area contributed by atoms with Gasteiger partial charge in [-0.25, -0.2) is 0 Å². The first-order chi connectivity index (χ1) is 7.01. The van der Waals surface area contributed by atoms with Gasteiger partial charge in [0, 0.05) is 12.1 Å². The molecule has 1 heterocycles. The van der Waals surface area contributed by atoms with Crippen LogP contribution < -0.4 is 11.1 Å². The molecule has 0 amide bonds. The third-order valence-electron chi connectivity index (χ3n) is 3.02. The predicted octanol–water partition coefficient (Wildman–Crippen LogP) is 1.89. The van der Waals surface area contributed by atoms with Crippen molar-refractivity contribution in [2.45, 2.75) is 39.2 Å². The van der Waals surface area contributed by atoms with Gasteiger partial charge in [0.05, 0.1) is 0 Å². The lowest BCUT2D eigenvalue weighted by atomic mass is 9.95. The summed E-state index contributed by atoms with van der Waals surface area (Å²) in [6, 6.07) is 0. The highest BCUT2D eigenvalue weighted by molar-refractivity contribution is 5.85. The minimum Gasteiger partial charge on any atom is -0.324 e. The van der Waals surface area contributed by atoms with Crippen molar-refractivity contribution in [2.24, 2.45) is 11.7 Å². The summed E-state index contributed by atoms with van der Waals surface area (Å²) in [6.45, 7) is 12.1. The van der Waals surface area contributed by atoms with Crippen LogP contribution in [0.3, 0.4) is 0 Å². The summed E-state index contributed by atoms with van der Waals surface area (Å²) in [5.74, 6) is 0.877. The molecule has 3 nitrogen and oxygen atoms in total. The van der Waals surface area contributed by atoms with E-state index in [4.69, 9.17) is 5.73 Å². The molecule has 0 saturated carbocycles. The molecule has 0 spiro atoms. The number of halogens is 2. The van der Waals surface area contributed by atoms with Crippen molar-refractivity contribution in [1.29, 1.82) is 0 Å². The molecule has 0 aromatic heterocycles. The fraction of sp³-hybridized carbons (Fsp3) is 1.00. The van der Waals surface area contributed by atoms with Gasteiger partial charge < -0.3 is 16.0 Å². The molecule has 0 atom stereocenters. The molecule has 3 N–H and O–H groups in total. The topological polar surface area (TPSA) is 41.3 Å². The second-order valence-corrected chi connectivity index (χ2v) is 5.52. The quantitative estimate of drug-likeness (QED) is 0.811. The van der Waals surface area contributed by atoms with E-state index in [0.717, 1.165) is 19.0 Å². The van der Waals surface area contributed by atoms with Gasteiger partial charge in [0.1, 0.15) is 0 Å². The molecule has 0 radical (unpaired) electrons. The average Bonchev–Trinajstić information content (AvgIpc) is 2.14. The zero-order valence-corrected chi connectivity index (χ0v) is 13.0. The summed E-state index contributed by atoms with van der Waals surface area (Å²) in [7, 11) is 0. The molecular formula is C12H29Cl2N3. The average molecular weight is 286 g/mol. The highest BCUT2D eigenvalue weighted by atomic mass is 35.5. The van der Waals surface area contributed by atoms with Crippen molar-refractivity contribution in [1.82, 2.24) is 10.2 Å². The molecule has 5 heteroatoms. The molecule has 1 aliphatic rings. The predicted molar refractivity (Wildman–Crippen MR) is 80.5 cm³/mol. The lowest BCUT2D eigenvalue weighted by Crippen LogP contribution is -2.48. The Morgan fingerprint density at radius 3 is 2.18 bits per heavy atom. The number of hydrogen-bond donors (Lipinski definition) is 2. The van der Waals surface area contributed by atoms with Crippen LogP contribution in [0, 0.1) is 5.92 Å². The van der Waals surface area contributed by atoms with Crippen LogP contribution in [0.25, 0.3) is 0 Å². The van der Waals surface area contributed by atoms with Gasteiger partial charge in [-0.15, -0.1) is 24.8 Å². The maximum absolute atomic E-state index is 6.03. The van der Waals surface area contributed by atoms with E-state index in [-0.39, 0.29) is 30.4 Å². The fourth-order valence-electron chi connectivity index (χ4n) is 2.27. The molecule has 106 valence electrons. The summed E-state index contributed by atoms with van der Waals surface area (Å²) in [5, 5.41) is 3.44. The second-order valence-electron chi connectivity index (χ2n) is 5.52. The van der Waals surface area contributed by atoms with Crippen LogP contribution in [0.2, 0.25) is 0 Å².